The minimum Gasteiger partial charge on any atom is -0.462 e. The molecule has 0 heterocycles. The Morgan fingerprint density at radius 3 is 0.918 bits per heavy atom. The van der Waals surface area contributed by atoms with Crippen LogP contribution in [-0.2, 0) is 28.6 Å². The molecule has 0 fully saturated rings. The van der Waals surface area contributed by atoms with Crippen LogP contribution in [0.15, 0.2) is 158 Å². The van der Waals surface area contributed by atoms with Crippen LogP contribution in [0.4, 0.5) is 0 Å². The average molecular weight is 837 g/mol. The summed E-state index contributed by atoms with van der Waals surface area (Å²) in [6.07, 6.45) is 69.8. The maximum Gasteiger partial charge on any atom is 0.306 e. The van der Waals surface area contributed by atoms with E-state index in [1.54, 1.807) is 0 Å². The van der Waals surface area contributed by atoms with Crippen molar-refractivity contribution in [1.82, 2.24) is 0 Å². The fourth-order valence-corrected chi connectivity index (χ4v) is 5.21. The van der Waals surface area contributed by atoms with E-state index in [2.05, 4.69) is 154 Å². The van der Waals surface area contributed by atoms with Gasteiger partial charge in [0, 0.05) is 19.3 Å². The summed E-state index contributed by atoms with van der Waals surface area (Å²) in [6.45, 7) is 6.06. The average Bonchev–Trinajstić information content (AvgIpc) is 3.26. The smallest absolute Gasteiger partial charge is 0.306 e. The summed E-state index contributed by atoms with van der Waals surface area (Å²) in [4.78, 5) is 37.7. The standard InChI is InChI=1S/C55H80O6/c1-4-7-10-13-16-19-22-24-26-28-30-33-36-39-42-45-48-54(57)60-51-52(50-59-53(56)47-44-41-38-35-32-21-18-15-12-9-6-3)61-55(58)49-46-43-40-37-34-31-29-27-25-23-20-17-14-11-8-5-2/h7-12,16-21,24-27,30-31,33-35,38-40,42-43,52H,4-6,13-15,22-23,28-29,32,36-37,41,44-51H2,1-3H3/b10-7-,11-8-,12-9-,19-16-,20-17-,21-18-,26-24-,27-25-,33-30-,34-31-,38-35-,42-39-,43-40-. The van der Waals surface area contributed by atoms with Crippen molar-refractivity contribution in [2.75, 3.05) is 13.2 Å². The first kappa shape index (κ1) is 56.0. The Hall–Kier alpha value is -4.97. The van der Waals surface area contributed by atoms with E-state index in [0.717, 1.165) is 89.9 Å². The van der Waals surface area contributed by atoms with E-state index in [0.29, 0.717) is 19.3 Å². The molecule has 1 atom stereocenters. The predicted molar refractivity (Wildman–Crippen MR) is 260 cm³/mol. The Morgan fingerprint density at radius 1 is 0.328 bits per heavy atom. The molecule has 0 aromatic carbocycles. The zero-order chi connectivity index (χ0) is 44.4. The summed E-state index contributed by atoms with van der Waals surface area (Å²) >= 11 is 0. The van der Waals surface area contributed by atoms with Gasteiger partial charge in [0.2, 0.25) is 0 Å². The number of hydrogen-bond acceptors (Lipinski definition) is 6. The number of esters is 3. The molecule has 0 rings (SSSR count). The highest BCUT2D eigenvalue weighted by Gasteiger charge is 2.19. The SMILES string of the molecule is CC/C=C\C/C=C\C/C=C\C/C=C\C/C=C\CCC(=O)OCC(COC(=O)CCC/C=C\C/C=C\C/C=C\CC)OC(=O)CC/C=C\C/C=C\C/C=C\C/C=C\C/C=C\CC. The molecule has 0 aliphatic rings. The summed E-state index contributed by atoms with van der Waals surface area (Å²) in [5.41, 5.74) is 0. The molecule has 0 aromatic rings. The van der Waals surface area contributed by atoms with Crippen LogP contribution >= 0.6 is 0 Å². The lowest BCUT2D eigenvalue weighted by Crippen LogP contribution is -2.30. The lowest BCUT2D eigenvalue weighted by molar-refractivity contribution is -0.166. The zero-order valence-corrected chi connectivity index (χ0v) is 38.1. The number of carbonyl (C=O) groups excluding carboxylic acids is 3. The van der Waals surface area contributed by atoms with Gasteiger partial charge in [0.15, 0.2) is 6.10 Å². The third-order valence-corrected chi connectivity index (χ3v) is 8.54. The van der Waals surface area contributed by atoms with Gasteiger partial charge >= 0.3 is 17.9 Å². The maximum absolute atomic E-state index is 12.7. The topological polar surface area (TPSA) is 78.9 Å². The van der Waals surface area contributed by atoms with Crippen molar-refractivity contribution in [1.29, 1.82) is 0 Å². The first-order valence-corrected chi connectivity index (χ1v) is 23.0. The summed E-state index contributed by atoms with van der Waals surface area (Å²) in [5.74, 6) is -1.20. The molecule has 0 bridgehead atoms. The lowest BCUT2D eigenvalue weighted by atomic mass is 10.2. The fourth-order valence-electron chi connectivity index (χ4n) is 5.21. The van der Waals surface area contributed by atoms with E-state index in [1.807, 2.05) is 24.3 Å². The van der Waals surface area contributed by atoms with Gasteiger partial charge in [-0.25, -0.2) is 0 Å². The Bertz CT molecular complexity index is 1470. The Balaban J connectivity index is 4.71. The van der Waals surface area contributed by atoms with Crippen LogP contribution in [0.5, 0.6) is 0 Å². The molecule has 0 saturated heterocycles. The molecule has 6 nitrogen and oxygen atoms in total. The number of ether oxygens (including phenoxy) is 3. The molecular formula is C55H80O6. The van der Waals surface area contributed by atoms with E-state index in [4.69, 9.17) is 14.2 Å². The van der Waals surface area contributed by atoms with Crippen molar-refractivity contribution >= 4 is 17.9 Å². The van der Waals surface area contributed by atoms with E-state index in [-0.39, 0.29) is 38.4 Å². The molecule has 0 spiro atoms. The van der Waals surface area contributed by atoms with Gasteiger partial charge < -0.3 is 14.2 Å². The van der Waals surface area contributed by atoms with Crippen molar-refractivity contribution in [3.8, 4) is 0 Å². The molecule has 0 radical (unpaired) electrons. The highest BCUT2D eigenvalue weighted by atomic mass is 16.6. The van der Waals surface area contributed by atoms with Crippen LogP contribution in [0.3, 0.4) is 0 Å². The number of allylic oxidation sites excluding steroid dienone is 26. The number of carbonyl (C=O) groups is 3. The monoisotopic (exact) mass is 837 g/mol. The van der Waals surface area contributed by atoms with Crippen molar-refractivity contribution in [3.05, 3.63) is 158 Å². The molecule has 0 N–H and O–H groups in total. The second-order valence-electron chi connectivity index (χ2n) is 14.2. The molecule has 61 heavy (non-hydrogen) atoms. The number of rotatable bonds is 38. The van der Waals surface area contributed by atoms with E-state index >= 15 is 0 Å². The predicted octanol–water partition coefficient (Wildman–Crippen LogP) is 15.1. The molecule has 0 aromatic heterocycles. The molecule has 336 valence electrons. The van der Waals surface area contributed by atoms with Gasteiger partial charge in [-0.2, -0.15) is 0 Å². The summed E-state index contributed by atoms with van der Waals surface area (Å²) in [5, 5.41) is 0. The normalized spacial score (nSPS) is 13.6. The second-order valence-corrected chi connectivity index (χ2v) is 14.2. The third-order valence-electron chi connectivity index (χ3n) is 8.54. The highest BCUT2D eigenvalue weighted by Crippen LogP contribution is 2.07. The van der Waals surface area contributed by atoms with Gasteiger partial charge in [-0.1, -0.05) is 179 Å². The van der Waals surface area contributed by atoms with Gasteiger partial charge in [-0.15, -0.1) is 0 Å². The van der Waals surface area contributed by atoms with Crippen LogP contribution in [0.25, 0.3) is 0 Å². The summed E-state index contributed by atoms with van der Waals surface area (Å²) < 4.78 is 16.5. The van der Waals surface area contributed by atoms with Crippen LogP contribution in [0, 0.1) is 0 Å². The Morgan fingerprint density at radius 2 is 0.590 bits per heavy atom. The van der Waals surface area contributed by atoms with Gasteiger partial charge in [0.25, 0.3) is 0 Å². The first-order chi connectivity index (χ1) is 30.0. The Kier molecular flexibility index (Phi) is 43.8. The molecular weight excluding hydrogens is 757 g/mol. The minimum absolute atomic E-state index is 0.165. The summed E-state index contributed by atoms with van der Waals surface area (Å²) in [6, 6.07) is 0. The molecule has 6 heteroatoms. The number of unbranched alkanes of at least 4 members (excludes halogenated alkanes) is 1. The lowest BCUT2D eigenvalue weighted by Gasteiger charge is -2.18. The molecule has 0 amide bonds. The van der Waals surface area contributed by atoms with Crippen LogP contribution < -0.4 is 0 Å². The van der Waals surface area contributed by atoms with Crippen molar-refractivity contribution < 1.29 is 28.6 Å². The highest BCUT2D eigenvalue weighted by molar-refractivity contribution is 5.71. The Labute approximate surface area is 371 Å². The van der Waals surface area contributed by atoms with Gasteiger partial charge in [0.05, 0.1) is 0 Å². The molecule has 0 aliphatic carbocycles. The first-order valence-electron chi connectivity index (χ1n) is 23.0. The summed E-state index contributed by atoms with van der Waals surface area (Å²) in [7, 11) is 0. The zero-order valence-electron chi connectivity index (χ0n) is 38.1. The third kappa shape index (κ3) is 46.0. The maximum atomic E-state index is 12.7. The van der Waals surface area contributed by atoms with E-state index < -0.39 is 18.0 Å². The molecule has 1 unspecified atom stereocenters. The van der Waals surface area contributed by atoms with Gasteiger partial charge in [-0.3, -0.25) is 14.4 Å². The van der Waals surface area contributed by atoms with Crippen molar-refractivity contribution in [3.63, 3.8) is 0 Å². The van der Waals surface area contributed by atoms with Gasteiger partial charge in [0.1, 0.15) is 13.2 Å². The van der Waals surface area contributed by atoms with Crippen LogP contribution in [0.2, 0.25) is 0 Å². The van der Waals surface area contributed by atoms with Gasteiger partial charge in [-0.05, 0) is 109 Å². The quantitative estimate of drug-likeness (QED) is 0.0267. The van der Waals surface area contributed by atoms with Crippen molar-refractivity contribution in [2.24, 2.45) is 0 Å². The number of hydrogen-bond donors (Lipinski definition) is 0. The largest absolute Gasteiger partial charge is 0.462 e. The van der Waals surface area contributed by atoms with Crippen molar-refractivity contribution in [2.45, 2.75) is 155 Å². The van der Waals surface area contributed by atoms with Crippen LogP contribution in [-0.4, -0.2) is 37.2 Å². The van der Waals surface area contributed by atoms with E-state index in [9.17, 15) is 14.4 Å². The van der Waals surface area contributed by atoms with Crippen LogP contribution in [0.1, 0.15) is 149 Å². The van der Waals surface area contributed by atoms with E-state index in [1.165, 1.54) is 0 Å². The minimum atomic E-state index is -0.874. The fraction of sp³-hybridized carbons (Fsp3) is 0.473. The second kappa shape index (κ2) is 47.7. The molecule has 0 aliphatic heterocycles. The molecule has 0 saturated carbocycles.